The summed E-state index contributed by atoms with van der Waals surface area (Å²) in [6.45, 7) is 3.41. The van der Waals surface area contributed by atoms with Crippen LogP contribution in [0.1, 0.15) is 23.8 Å². The lowest BCUT2D eigenvalue weighted by atomic mass is 10.3. The van der Waals surface area contributed by atoms with Gasteiger partial charge in [0.2, 0.25) is 5.82 Å². The number of nitro groups is 1. The van der Waals surface area contributed by atoms with Gasteiger partial charge in [-0.25, -0.2) is 9.78 Å². The molecule has 0 bridgehead atoms. The lowest BCUT2D eigenvalue weighted by Crippen LogP contribution is -2.11. The zero-order valence-electron chi connectivity index (χ0n) is 10.5. The van der Waals surface area contributed by atoms with Crippen molar-refractivity contribution in [2.24, 2.45) is 0 Å². The number of aromatic carboxylic acids is 1. The number of aromatic nitrogens is 1. The van der Waals surface area contributed by atoms with E-state index < -0.39 is 10.9 Å². The summed E-state index contributed by atoms with van der Waals surface area (Å²) >= 11 is 0. The predicted molar refractivity (Wildman–Crippen MR) is 67.5 cm³/mol. The van der Waals surface area contributed by atoms with E-state index in [1.807, 2.05) is 6.92 Å². The summed E-state index contributed by atoms with van der Waals surface area (Å²) in [7, 11) is 0. The van der Waals surface area contributed by atoms with E-state index in [1.165, 1.54) is 0 Å². The quantitative estimate of drug-likeness (QED) is 0.417. The van der Waals surface area contributed by atoms with Crippen LogP contribution in [0, 0.1) is 10.1 Å². The molecule has 1 heterocycles. The molecule has 0 fully saturated rings. The number of carboxylic acids is 1. The van der Waals surface area contributed by atoms with Gasteiger partial charge in [-0.2, -0.15) is 0 Å². The van der Waals surface area contributed by atoms with Crippen LogP contribution in [0.3, 0.4) is 0 Å². The highest BCUT2D eigenvalue weighted by Gasteiger charge is 2.17. The van der Waals surface area contributed by atoms with Crippen LogP contribution in [0.4, 0.5) is 11.5 Å². The highest BCUT2D eigenvalue weighted by Crippen LogP contribution is 2.21. The molecule has 0 aliphatic rings. The fourth-order valence-electron chi connectivity index (χ4n) is 1.37. The van der Waals surface area contributed by atoms with Crippen molar-refractivity contribution in [2.75, 3.05) is 25.1 Å². The van der Waals surface area contributed by atoms with E-state index in [0.717, 1.165) is 12.1 Å². The summed E-state index contributed by atoms with van der Waals surface area (Å²) < 4.78 is 5.12. The molecule has 0 aliphatic heterocycles. The van der Waals surface area contributed by atoms with Crippen LogP contribution in [0.15, 0.2) is 12.1 Å². The normalized spacial score (nSPS) is 10.2. The van der Waals surface area contributed by atoms with Crippen molar-refractivity contribution in [2.45, 2.75) is 13.3 Å². The Labute approximate surface area is 109 Å². The monoisotopic (exact) mass is 269 g/mol. The van der Waals surface area contributed by atoms with Crippen molar-refractivity contribution in [1.29, 1.82) is 0 Å². The highest BCUT2D eigenvalue weighted by atomic mass is 16.6. The zero-order chi connectivity index (χ0) is 14.3. The average Bonchev–Trinajstić information content (AvgIpc) is 2.38. The fraction of sp³-hybridized carbons (Fsp3) is 0.455. The van der Waals surface area contributed by atoms with Crippen LogP contribution in [0.2, 0.25) is 0 Å². The summed E-state index contributed by atoms with van der Waals surface area (Å²) in [5, 5.41) is 22.3. The minimum atomic E-state index is -1.23. The second-order valence-corrected chi connectivity index (χ2v) is 3.60. The van der Waals surface area contributed by atoms with Gasteiger partial charge in [0.1, 0.15) is 0 Å². The van der Waals surface area contributed by atoms with Gasteiger partial charge in [0.15, 0.2) is 5.69 Å². The molecule has 0 spiro atoms. The molecule has 0 atom stereocenters. The summed E-state index contributed by atoms with van der Waals surface area (Å²) in [4.78, 5) is 24.7. The minimum absolute atomic E-state index is 0.0404. The van der Waals surface area contributed by atoms with E-state index >= 15 is 0 Å². The highest BCUT2D eigenvalue weighted by molar-refractivity contribution is 5.86. The van der Waals surface area contributed by atoms with Crippen LogP contribution in [-0.2, 0) is 4.74 Å². The smallest absolute Gasteiger partial charge is 0.354 e. The standard InChI is InChI=1S/C11H15N3O5/c1-2-19-7-3-6-12-10-9(14(17)18)5-4-8(13-10)11(15)16/h4-5H,2-3,6-7H2,1H3,(H,12,13)(H,15,16). The number of anilines is 1. The Morgan fingerprint density at radius 3 is 2.89 bits per heavy atom. The topological polar surface area (TPSA) is 115 Å². The molecule has 0 radical (unpaired) electrons. The van der Waals surface area contributed by atoms with Crippen LogP contribution in [-0.4, -0.2) is 40.7 Å². The molecule has 0 saturated heterocycles. The molecule has 8 heteroatoms. The first kappa shape index (κ1) is 14.8. The molecular formula is C11H15N3O5. The Balaban J connectivity index is 2.74. The molecule has 1 rings (SSSR count). The van der Waals surface area contributed by atoms with Gasteiger partial charge in [-0.1, -0.05) is 0 Å². The molecule has 19 heavy (non-hydrogen) atoms. The Bertz CT molecular complexity index is 464. The van der Waals surface area contributed by atoms with Gasteiger partial charge in [-0.15, -0.1) is 0 Å². The van der Waals surface area contributed by atoms with E-state index in [-0.39, 0.29) is 17.2 Å². The van der Waals surface area contributed by atoms with E-state index in [2.05, 4.69) is 10.3 Å². The number of rotatable bonds is 8. The minimum Gasteiger partial charge on any atom is -0.477 e. The third-order valence-electron chi connectivity index (χ3n) is 2.25. The van der Waals surface area contributed by atoms with Gasteiger partial charge >= 0.3 is 11.7 Å². The maximum Gasteiger partial charge on any atom is 0.354 e. The van der Waals surface area contributed by atoms with Crippen LogP contribution in [0.25, 0.3) is 0 Å². The molecule has 0 amide bonds. The average molecular weight is 269 g/mol. The summed E-state index contributed by atoms with van der Waals surface area (Å²) in [6.07, 6.45) is 0.643. The van der Waals surface area contributed by atoms with E-state index in [4.69, 9.17) is 9.84 Å². The van der Waals surface area contributed by atoms with E-state index in [9.17, 15) is 14.9 Å². The first-order valence-corrected chi connectivity index (χ1v) is 5.76. The lowest BCUT2D eigenvalue weighted by molar-refractivity contribution is -0.384. The third kappa shape index (κ3) is 4.51. The first-order chi connectivity index (χ1) is 9.06. The molecule has 8 nitrogen and oxygen atoms in total. The number of nitrogens with zero attached hydrogens (tertiary/aromatic N) is 2. The number of ether oxygens (including phenoxy) is 1. The molecule has 1 aromatic rings. The Morgan fingerprint density at radius 1 is 1.58 bits per heavy atom. The summed E-state index contributed by atoms with van der Waals surface area (Å²) in [5.41, 5.74) is -0.487. The second kappa shape index (κ2) is 7.27. The maximum atomic E-state index is 10.8. The Kier molecular flexibility index (Phi) is 5.68. The molecular weight excluding hydrogens is 254 g/mol. The molecule has 0 saturated carbocycles. The van der Waals surface area contributed by atoms with Gasteiger partial charge < -0.3 is 15.2 Å². The number of nitrogens with one attached hydrogen (secondary N) is 1. The van der Waals surface area contributed by atoms with Crippen LogP contribution in [0.5, 0.6) is 0 Å². The number of carbonyl (C=O) groups is 1. The van der Waals surface area contributed by atoms with Crippen LogP contribution >= 0.6 is 0 Å². The first-order valence-electron chi connectivity index (χ1n) is 5.76. The van der Waals surface area contributed by atoms with Crippen molar-refractivity contribution in [1.82, 2.24) is 4.98 Å². The molecule has 0 aromatic carbocycles. The molecule has 2 N–H and O–H groups in total. The van der Waals surface area contributed by atoms with Crippen LogP contribution < -0.4 is 5.32 Å². The Morgan fingerprint density at radius 2 is 2.32 bits per heavy atom. The molecule has 0 unspecified atom stereocenters. The third-order valence-corrected chi connectivity index (χ3v) is 2.25. The maximum absolute atomic E-state index is 10.8. The largest absolute Gasteiger partial charge is 0.477 e. The molecule has 104 valence electrons. The zero-order valence-corrected chi connectivity index (χ0v) is 10.5. The van der Waals surface area contributed by atoms with E-state index in [1.54, 1.807) is 0 Å². The SMILES string of the molecule is CCOCCCNc1nc(C(=O)O)ccc1[N+](=O)[O-]. The van der Waals surface area contributed by atoms with Crippen molar-refractivity contribution < 1.29 is 19.6 Å². The predicted octanol–water partition coefficient (Wildman–Crippen LogP) is 1.53. The fourth-order valence-corrected chi connectivity index (χ4v) is 1.37. The molecule has 0 aliphatic carbocycles. The van der Waals surface area contributed by atoms with Crippen molar-refractivity contribution in [3.05, 3.63) is 27.9 Å². The van der Waals surface area contributed by atoms with Crippen molar-refractivity contribution in [3.63, 3.8) is 0 Å². The van der Waals surface area contributed by atoms with Gasteiger partial charge in [0, 0.05) is 25.8 Å². The van der Waals surface area contributed by atoms with E-state index in [0.29, 0.717) is 26.2 Å². The van der Waals surface area contributed by atoms with Crippen molar-refractivity contribution >= 4 is 17.5 Å². The van der Waals surface area contributed by atoms with Gasteiger partial charge in [-0.3, -0.25) is 10.1 Å². The van der Waals surface area contributed by atoms with Gasteiger partial charge in [-0.05, 0) is 19.4 Å². The van der Waals surface area contributed by atoms with Crippen molar-refractivity contribution in [3.8, 4) is 0 Å². The number of pyridine rings is 1. The second-order valence-electron chi connectivity index (χ2n) is 3.60. The number of hydrogen-bond donors (Lipinski definition) is 2. The Hall–Kier alpha value is -2.22. The lowest BCUT2D eigenvalue weighted by Gasteiger charge is -2.07. The van der Waals surface area contributed by atoms with Gasteiger partial charge in [0.25, 0.3) is 0 Å². The number of hydrogen-bond acceptors (Lipinski definition) is 6. The molecule has 1 aromatic heterocycles. The van der Waals surface area contributed by atoms with Gasteiger partial charge in [0.05, 0.1) is 4.92 Å². The summed E-state index contributed by atoms with van der Waals surface area (Å²) in [5.74, 6) is -1.27. The summed E-state index contributed by atoms with van der Waals surface area (Å²) in [6, 6.07) is 2.23. The number of carboxylic acid groups (broad SMARTS) is 1.